The molecule has 1 aromatic carbocycles. The first kappa shape index (κ1) is 19.6. The summed E-state index contributed by atoms with van der Waals surface area (Å²) >= 11 is 0. The zero-order valence-electron chi connectivity index (χ0n) is 17.4. The Hall–Kier alpha value is -2.20. The maximum Gasteiger partial charge on any atom is 0.234 e. The zero-order chi connectivity index (χ0) is 19.8. The van der Waals surface area contributed by atoms with Gasteiger partial charge < -0.3 is 5.32 Å². The lowest BCUT2D eigenvalue weighted by atomic mass is 9.77. The minimum Gasteiger partial charge on any atom is -0.353 e. The third-order valence-electron chi connectivity index (χ3n) is 5.08. The van der Waals surface area contributed by atoms with Gasteiger partial charge in [0.05, 0.1) is 6.54 Å². The summed E-state index contributed by atoms with van der Waals surface area (Å²) in [7, 11) is 0. The van der Waals surface area contributed by atoms with Gasteiger partial charge in [0.15, 0.2) is 0 Å². The molecule has 144 valence electrons. The van der Waals surface area contributed by atoms with Crippen LogP contribution in [0.4, 0.5) is 0 Å². The van der Waals surface area contributed by atoms with E-state index in [1.54, 1.807) is 0 Å². The number of carbonyl (C=O) groups excluding carboxylic acids is 1. The molecule has 0 saturated carbocycles. The number of aromatic nitrogens is 1. The SMILES string of the molecule is Cc1cc(-c2ccc3c(c2)CN(CC(=O)NC(C)C)CC3(C)C)cc(C)n1. The van der Waals surface area contributed by atoms with E-state index in [-0.39, 0.29) is 17.4 Å². The lowest BCUT2D eigenvalue weighted by Crippen LogP contribution is -2.47. The first-order valence-corrected chi connectivity index (χ1v) is 9.75. The molecule has 4 heteroatoms. The second-order valence-electron chi connectivity index (χ2n) is 8.76. The van der Waals surface area contributed by atoms with Gasteiger partial charge in [-0.25, -0.2) is 0 Å². The summed E-state index contributed by atoms with van der Waals surface area (Å²) in [6, 6.07) is 11.2. The third kappa shape index (κ3) is 4.56. The van der Waals surface area contributed by atoms with E-state index >= 15 is 0 Å². The predicted octanol–water partition coefficient (Wildman–Crippen LogP) is 3.98. The van der Waals surface area contributed by atoms with Crippen LogP contribution in [0.1, 0.15) is 50.2 Å². The van der Waals surface area contributed by atoms with E-state index in [0.717, 1.165) is 24.5 Å². The second-order valence-corrected chi connectivity index (χ2v) is 8.76. The molecule has 0 bridgehead atoms. The van der Waals surface area contributed by atoms with Crippen LogP contribution >= 0.6 is 0 Å². The Morgan fingerprint density at radius 2 is 1.81 bits per heavy atom. The molecule has 0 radical (unpaired) electrons. The minimum atomic E-state index is 0.0221. The molecule has 2 aromatic rings. The van der Waals surface area contributed by atoms with Crippen molar-refractivity contribution in [1.82, 2.24) is 15.2 Å². The average molecular weight is 366 g/mol. The topological polar surface area (TPSA) is 45.2 Å². The molecule has 27 heavy (non-hydrogen) atoms. The maximum atomic E-state index is 12.2. The number of pyridine rings is 1. The number of carbonyl (C=O) groups is 1. The van der Waals surface area contributed by atoms with Gasteiger partial charge in [0.1, 0.15) is 0 Å². The van der Waals surface area contributed by atoms with E-state index in [4.69, 9.17) is 0 Å². The molecule has 1 aliphatic heterocycles. The van der Waals surface area contributed by atoms with Crippen molar-refractivity contribution in [3.63, 3.8) is 0 Å². The van der Waals surface area contributed by atoms with Gasteiger partial charge in [-0.15, -0.1) is 0 Å². The van der Waals surface area contributed by atoms with Crippen molar-refractivity contribution < 1.29 is 4.79 Å². The Bertz CT molecular complexity index is 834. The van der Waals surface area contributed by atoms with Gasteiger partial charge in [0, 0.05) is 35.9 Å². The van der Waals surface area contributed by atoms with Crippen molar-refractivity contribution in [3.05, 3.63) is 52.8 Å². The smallest absolute Gasteiger partial charge is 0.234 e. The number of fused-ring (bicyclic) bond motifs is 1. The molecule has 1 amide bonds. The monoisotopic (exact) mass is 365 g/mol. The van der Waals surface area contributed by atoms with E-state index in [1.807, 2.05) is 27.7 Å². The first-order chi connectivity index (χ1) is 12.6. The minimum absolute atomic E-state index is 0.0221. The number of rotatable bonds is 4. The van der Waals surface area contributed by atoms with Crippen molar-refractivity contribution >= 4 is 5.91 Å². The number of hydrogen-bond acceptors (Lipinski definition) is 3. The summed E-state index contributed by atoms with van der Waals surface area (Å²) in [4.78, 5) is 19.0. The third-order valence-corrected chi connectivity index (χ3v) is 5.08. The van der Waals surface area contributed by atoms with E-state index in [9.17, 15) is 4.79 Å². The molecule has 0 spiro atoms. The second kappa shape index (κ2) is 7.43. The summed E-state index contributed by atoms with van der Waals surface area (Å²) < 4.78 is 0. The average Bonchev–Trinajstić information content (AvgIpc) is 2.51. The maximum absolute atomic E-state index is 12.2. The molecular weight excluding hydrogens is 334 g/mol. The van der Waals surface area contributed by atoms with Crippen molar-refractivity contribution in [2.75, 3.05) is 13.1 Å². The number of amides is 1. The molecule has 1 N–H and O–H groups in total. The van der Waals surface area contributed by atoms with Crippen molar-refractivity contribution in [1.29, 1.82) is 0 Å². The van der Waals surface area contributed by atoms with Crippen LogP contribution in [0.2, 0.25) is 0 Å². The van der Waals surface area contributed by atoms with Gasteiger partial charge in [0.2, 0.25) is 5.91 Å². The van der Waals surface area contributed by atoms with Crippen molar-refractivity contribution in [2.24, 2.45) is 0 Å². The Balaban J connectivity index is 1.90. The Kier molecular flexibility index (Phi) is 5.38. The summed E-state index contributed by atoms with van der Waals surface area (Å²) in [5, 5.41) is 3.00. The van der Waals surface area contributed by atoms with Crippen LogP contribution in [0.25, 0.3) is 11.1 Å². The highest BCUT2D eigenvalue weighted by atomic mass is 16.2. The highest BCUT2D eigenvalue weighted by Gasteiger charge is 2.32. The molecule has 0 atom stereocenters. The molecule has 1 aliphatic rings. The highest BCUT2D eigenvalue weighted by Crippen LogP contribution is 2.35. The van der Waals surface area contributed by atoms with E-state index in [1.165, 1.54) is 22.3 Å². The quantitative estimate of drug-likeness (QED) is 0.891. The van der Waals surface area contributed by atoms with E-state index < -0.39 is 0 Å². The number of nitrogens with zero attached hydrogens (tertiary/aromatic N) is 2. The van der Waals surface area contributed by atoms with Crippen LogP contribution in [0.15, 0.2) is 30.3 Å². The fraction of sp³-hybridized carbons (Fsp3) is 0.478. The summed E-state index contributed by atoms with van der Waals surface area (Å²) in [6.45, 7) is 14.7. The predicted molar refractivity (Wildman–Crippen MR) is 111 cm³/mol. The van der Waals surface area contributed by atoms with Crippen LogP contribution in [0.5, 0.6) is 0 Å². The molecule has 0 saturated heterocycles. The van der Waals surface area contributed by atoms with E-state index in [2.05, 4.69) is 59.4 Å². The van der Waals surface area contributed by atoms with Crippen molar-refractivity contribution in [2.45, 2.75) is 59.5 Å². The van der Waals surface area contributed by atoms with Gasteiger partial charge >= 0.3 is 0 Å². The molecule has 0 unspecified atom stereocenters. The first-order valence-electron chi connectivity index (χ1n) is 9.75. The number of nitrogens with one attached hydrogen (secondary N) is 1. The van der Waals surface area contributed by atoms with Gasteiger partial charge in [0.25, 0.3) is 0 Å². The van der Waals surface area contributed by atoms with Gasteiger partial charge in [-0.1, -0.05) is 26.0 Å². The molecular formula is C23H31N3O. The fourth-order valence-corrected chi connectivity index (χ4v) is 4.19. The summed E-state index contributed by atoms with van der Waals surface area (Å²) in [5.74, 6) is 0.0980. The van der Waals surface area contributed by atoms with Gasteiger partial charge in [-0.2, -0.15) is 0 Å². The van der Waals surface area contributed by atoms with Crippen molar-refractivity contribution in [3.8, 4) is 11.1 Å². The normalized spacial score (nSPS) is 16.3. The Labute approximate surface area is 163 Å². The summed E-state index contributed by atoms with van der Waals surface area (Å²) in [6.07, 6.45) is 0. The number of hydrogen-bond donors (Lipinski definition) is 1. The van der Waals surface area contributed by atoms with Crippen LogP contribution in [0, 0.1) is 13.8 Å². The largest absolute Gasteiger partial charge is 0.353 e. The zero-order valence-corrected chi connectivity index (χ0v) is 17.4. The molecule has 2 heterocycles. The Morgan fingerprint density at radius 3 is 2.44 bits per heavy atom. The highest BCUT2D eigenvalue weighted by molar-refractivity contribution is 5.78. The molecule has 0 aliphatic carbocycles. The van der Waals surface area contributed by atoms with Crippen LogP contribution in [-0.2, 0) is 16.8 Å². The number of benzene rings is 1. The fourth-order valence-electron chi connectivity index (χ4n) is 4.19. The van der Waals surface area contributed by atoms with Gasteiger partial charge in [-0.05, 0) is 68.1 Å². The van der Waals surface area contributed by atoms with Gasteiger partial charge in [-0.3, -0.25) is 14.7 Å². The van der Waals surface area contributed by atoms with Crippen LogP contribution < -0.4 is 5.32 Å². The lowest BCUT2D eigenvalue weighted by Gasteiger charge is -2.40. The molecule has 1 aromatic heterocycles. The molecule has 4 nitrogen and oxygen atoms in total. The lowest BCUT2D eigenvalue weighted by molar-refractivity contribution is -0.123. The molecule has 0 fully saturated rings. The molecule has 3 rings (SSSR count). The van der Waals surface area contributed by atoms with Crippen LogP contribution in [0.3, 0.4) is 0 Å². The van der Waals surface area contributed by atoms with E-state index in [0.29, 0.717) is 6.54 Å². The van der Waals surface area contributed by atoms with Crippen LogP contribution in [-0.4, -0.2) is 34.9 Å². The standard InChI is InChI=1S/C23H31N3O/c1-15(2)24-22(27)13-26-12-20-11-18(7-8-21(20)23(5,6)14-26)19-9-16(3)25-17(4)10-19/h7-11,15H,12-14H2,1-6H3,(H,24,27). The Morgan fingerprint density at radius 1 is 1.15 bits per heavy atom. The summed E-state index contributed by atoms with van der Waals surface area (Å²) in [5.41, 5.74) is 7.21. The number of aryl methyl sites for hydroxylation is 2.